The quantitative estimate of drug-likeness (QED) is 0.560. The summed E-state index contributed by atoms with van der Waals surface area (Å²) in [5.74, 6) is 0. The van der Waals surface area contributed by atoms with Crippen LogP contribution < -0.4 is 10.6 Å². The molecule has 0 radical (unpaired) electrons. The molecular formula is C10H13ClN2OS. The Morgan fingerprint density at radius 3 is 2.93 bits per heavy atom. The highest BCUT2D eigenvalue weighted by atomic mass is 35.5. The molecule has 0 unspecified atom stereocenters. The number of anilines is 1. The molecule has 5 heteroatoms. The first-order valence-electron chi connectivity index (χ1n) is 4.63. The first-order valence-corrected chi connectivity index (χ1v) is 5.42. The average Bonchev–Trinajstić information content (AvgIpc) is 2.18. The molecule has 3 nitrogen and oxygen atoms in total. The molecule has 15 heavy (non-hydrogen) atoms. The van der Waals surface area contributed by atoms with Gasteiger partial charge in [-0.25, -0.2) is 0 Å². The first-order chi connectivity index (χ1) is 7.22. The van der Waals surface area contributed by atoms with Crippen LogP contribution in [-0.4, -0.2) is 23.4 Å². The van der Waals surface area contributed by atoms with Gasteiger partial charge in [-0.1, -0.05) is 17.7 Å². The Hall–Kier alpha value is -0.840. The molecule has 0 aliphatic carbocycles. The fraction of sp³-hybridized carbons (Fsp3) is 0.300. The number of halogens is 1. The average molecular weight is 245 g/mol. The van der Waals surface area contributed by atoms with Crippen molar-refractivity contribution < 1.29 is 5.11 Å². The minimum absolute atomic E-state index is 0.160. The molecule has 0 aliphatic heterocycles. The van der Waals surface area contributed by atoms with E-state index < -0.39 is 0 Å². The maximum Gasteiger partial charge on any atom is 0.170 e. The number of rotatable bonds is 4. The number of aliphatic hydroxyl groups is 1. The van der Waals surface area contributed by atoms with Gasteiger partial charge in [0, 0.05) is 23.9 Å². The Labute approximate surface area is 99.4 Å². The van der Waals surface area contributed by atoms with Crippen LogP contribution in [-0.2, 0) is 0 Å². The molecule has 0 saturated heterocycles. The minimum atomic E-state index is 0.160. The summed E-state index contributed by atoms with van der Waals surface area (Å²) in [6.45, 7) is 0.815. The Bertz CT molecular complexity index is 333. The number of benzene rings is 1. The van der Waals surface area contributed by atoms with Crippen LogP contribution in [0.3, 0.4) is 0 Å². The van der Waals surface area contributed by atoms with Gasteiger partial charge in [-0.05, 0) is 36.8 Å². The minimum Gasteiger partial charge on any atom is -0.396 e. The van der Waals surface area contributed by atoms with E-state index in [1.165, 1.54) is 0 Å². The summed E-state index contributed by atoms with van der Waals surface area (Å²) in [6.07, 6.45) is 0.678. The zero-order valence-electron chi connectivity index (χ0n) is 8.16. The van der Waals surface area contributed by atoms with Crippen LogP contribution in [0.1, 0.15) is 6.42 Å². The van der Waals surface area contributed by atoms with Gasteiger partial charge >= 0.3 is 0 Å². The van der Waals surface area contributed by atoms with Crippen molar-refractivity contribution in [2.45, 2.75) is 6.42 Å². The molecule has 1 rings (SSSR count). The lowest BCUT2D eigenvalue weighted by atomic mass is 10.3. The van der Waals surface area contributed by atoms with Crippen LogP contribution in [0.2, 0.25) is 5.02 Å². The lowest BCUT2D eigenvalue weighted by Gasteiger charge is -2.09. The molecule has 82 valence electrons. The molecule has 0 heterocycles. The molecule has 3 N–H and O–H groups in total. The second-order valence-corrected chi connectivity index (χ2v) is 3.81. The van der Waals surface area contributed by atoms with Crippen molar-refractivity contribution in [2.24, 2.45) is 0 Å². The summed E-state index contributed by atoms with van der Waals surface area (Å²) in [4.78, 5) is 0. The maximum atomic E-state index is 8.58. The van der Waals surface area contributed by atoms with Gasteiger partial charge in [0.15, 0.2) is 5.11 Å². The summed E-state index contributed by atoms with van der Waals surface area (Å²) in [5.41, 5.74) is 0.851. The summed E-state index contributed by atoms with van der Waals surface area (Å²) >= 11 is 10.9. The van der Waals surface area contributed by atoms with Gasteiger partial charge in [-0.3, -0.25) is 0 Å². The van der Waals surface area contributed by atoms with E-state index in [0.717, 1.165) is 5.69 Å². The van der Waals surface area contributed by atoms with E-state index in [0.29, 0.717) is 23.1 Å². The second-order valence-electron chi connectivity index (χ2n) is 2.97. The van der Waals surface area contributed by atoms with Crippen LogP contribution in [0, 0.1) is 0 Å². The topological polar surface area (TPSA) is 44.3 Å². The highest BCUT2D eigenvalue weighted by Gasteiger charge is 1.97. The standard InChI is InChI=1S/C10H13ClN2OS/c11-8-3-1-4-9(7-8)13-10(15)12-5-2-6-14/h1,3-4,7,14H,2,5-6H2,(H2,12,13,15). The van der Waals surface area contributed by atoms with E-state index in [-0.39, 0.29) is 6.61 Å². The smallest absolute Gasteiger partial charge is 0.170 e. The van der Waals surface area contributed by atoms with E-state index in [1.807, 2.05) is 12.1 Å². The van der Waals surface area contributed by atoms with Gasteiger partial charge in [-0.15, -0.1) is 0 Å². The Morgan fingerprint density at radius 2 is 2.27 bits per heavy atom. The van der Waals surface area contributed by atoms with Gasteiger partial charge in [-0.2, -0.15) is 0 Å². The maximum absolute atomic E-state index is 8.58. The SMILES string of the molecule is OCCCNC(=S)Nc1cccc(Cl)c1. The second kappa shape index (κ2) is 6.61. The molecule has 0 atom stereocenters. The zero-order chi connectivity index (χ0) is 11.1. The number of hydrogen-bond donors (Lipinski definition) is 3. The molecule has 0 bridgehead atoms. The van der Waals surface area contributed by atoms with E-state index in [1.54, 1.807) is 12.1 Å². The van der Waals surface area contributed by atoms with Crippen LogP contribution in [0.25, 0.3) is 0 Å². The zero-order valence-corrected chi connectivity index (χ0v) is 9.74. The molecule has 1 aromatic carbocycles. The van der Waals surface area contributed by atoms with Crippen molar-refractivity contribution in [2.75, 3.05) is 18.5 Å². The molecule has 0 aliphatic rings. The lowest BCUT2D eigenvalue weighted by Crippen LogP contribution is -2.29. The summed E-state index contributed by atoms with van der Waals surface area (Å²) in [5, 5.41) is 15.7. The van der Waals surface area contributed by atoms with Gasteiger partial charge in [0.25, 0.3) is 0 Å². The van der Waals surface area contributed by atoms with Gasteiger partial charge in [0.1, 0.15) is 0 Å². The summed E-state index contributed by atoms with van der Waals surface area (Å²) in [6, 6.07) is 7.32. The van der Waals surface area contributed by atoms with Crippen LogP contribution in [0.5, 0.6) is 0 Å². The van der Waals surface area contributed by atoms with Crippen molar-refractivity contribution in [3.05, 3.63) is 29.3 Å². The predicted molar refractivity (Wildman–Crippen MR) is 67.4 cm³/mol. The summed E-state index contributed by atoms with van der Waals surface area (Å²) < 4.78 is 0. The first kappa shape index (κ1) is 12.2. The monoisotopic (exact) mass is 244 g/mol. The molecular weight excluding hydrogens is 232 g/mol. The fourth-order valence-corrected chi connectivity index (χ4v) is 1.43. The number of nitrogens with one attached hydrogen (secondary N) is 2. The highest BCUT2D eigenvalue weighted by Crippen LogP contribution is 2.14. The van der Waals surface area contributed by atoms with Crippen molar-refractivity contribution in [3.8, 4) is 0 Å². The predicted octanol–water partition coefficient (Wildman–Crippen LogP) is 2.01. The molecule has 0 saturated carbocycles. The lowest BCUT2D eigenvalue weighted by molar-refractivity contribution is 0.289. The van der Waals surface area contributed by atoms with Gasteiger partial charge < -0.3 is 15.7 Å². The largest absolute Gasteiger partial charge is 0.396 e. The van der Waals surface area contributed by atoms with Gasteiger partial charge in [0.2, 0.25) is 0 Å². The highest BCUT2D eigenvalue weighted by molar-refractivity contribution is 7.80. The Morgan fingerprint density at radius 1 is 1.47 bits per heavy atom. The Balaban J connectivity index is 2.37. The molecule has 0 spiro atoms. The molecule has 0 aromatic heterocycles. The van der Waals surface area contributed by atoms with Crippen LogP contribution >= 0.6 is 23.8 Å². The number of aliphatic hydroxyl groups excluding tert-OH is 1. The van der Waals surface area contributed by atoms with Crippen molar-refractivity contribution in [1.29, 1.82) is 0 Å². The van der Waals surface area contributed by atoms with Gasteiger partial charge in [0.05, 0.1) is 0 Å². The third kappa shape index (κ3) is 4.97. The molecule has 0 amide bonds. The fourth-order valence-electron chi connectivity index (χ4n) is 1.02. The molecule has 1 aromatic rings. The number of hydrogen-bond acceptors (Lipinski definition) is 2. The molecule has 0 fully saturated rings. The van der Waals surface area contributed by atoms with Crippen molar-refractivity contribution >= 4 is 34.6 Å². The van der Waals surface area contributed by atoms with E-state index in [2.05, 4.69) is 10.6 Å². The summed E-state index contributed by atoms with van der Waals surface area (Å²) in [7, 11) is 0. The third-order valence-electron chi connectivity index (χ3n) is 1.70. The Kier molecular flexibility index (Phi) is 5.39. The van der Waals surface area contributed by atoms with Crippen LogP contribution in [0.4, 0.5) is 5.69 Å². The normalized spacial score (nSPS) is 9.73. The van der Waals surface area contributed by atoms with E-state index in [9.17, 15) is 0 Å². The van der Waals surface area contributed by atoms with E-state index >= 15 is 0 Å². The van der Waals surface area contributed by atoms with Crippen LogP contribution in [0.15, 0.2) is 24.3 Å². The van der Waals surface area contributed by atoms with Crippen molar-refractivity contribution in [1.82, 2.24) is 5.32 Å². The third-order valence-corrected chi connectivity index (χ3v) is 2.18. The number of thiocarbonyl (C=S) groups is 1. The van der Waals surface area contributed by atoms with E-state index in [4.69, 9.17) is 28.9 Å². The van der Waals surface area contributed by atoms with Crippen molar-refractivity contribution in [3.63, 3.8) is 0 Å².